The van der Waals surface area contributed by atoms with Crippen molar-refractivity contribution >= 4 is 43.5 Å². The summed E-state index contributed by atoms with van der Waals surface area (Å²) < 4.78 is 43.8. The molecule has 4 aromatic rings. The third-order valence-corrected chi connectivity index (χ3v) is 5.89. The number of aromatic nitrogens is 5. The van der Waals surface area contributed by atoms with Crippen LogP contribution in [0.4, 0.5) is 24.8 Å². The van der Waals surface area contributed by atoms with Crippen LogP contribution < -0.4 is 5.32 Å². The summed E-state index contributed by atoms with van der Waals surface area (Å²) in [5.74, 6) is 3.61. The summed E-state index contributed by atoms with van der Waals surface area (Å²) in [7, 11) is -1.80. The largest absolute Gasteiger partial charge is 0.348 e. The number of rotatable bonds is 5. The number of pyridine rings is 1. The average Bonchev–Trinajstić information content (AvgIpc) is 3.11. The second-order valence-electron chi connectivity index (χ2n) is 7.32. The summed E-state index contributed by atoms with van der Waals surface area (Å²) >= 11 is 0. The lowest BCUT2D eigenvalue weighted by atomic mass is 10.1. The minimum Gasteiger partial charge on any atom is -0.323 e. The number of anilines is 2. The normalized spacial score (nSPS) is 12.3. The van der Waals surface area contributed by atoms with Crippen LogP contribution >= 0.6 is 9.21 Å². The lowest BCUT2D eigenvalue weighted by molar-refractivity contribution is 0.0285. The number of fused-ring (bicyclic) bond motifs is 1. The van der Waals surface area contributed by atoms with E-state index in [1.54, 1.807) is 24.3 Å². The van der Waals surface area contributed by atoms with E-state index in [1.807, 2.05) is 13.2 Å². The zero-order valence-corrected chi connectivity index (χ0v) is 17.6. The number of nitrogens with zero attached hydrogens (tertiary/aromatic N) is 4. The molecule has 0 aliphatic carbocycles. The van der Waals surface area contributed by atoms with Crippen molar-refractivity contribution in [1.82, 2.24) is 25.1 Å². The molecule has 10 heteroatoms. The number of alkyl halides is 2. The molecule has 0 radical (unpaired) electrons. The summed E-state index contributed by atoms with van der Waals surface area (Å²) in [6.45, 7) is 1.81. The summed E-state index contributed by atoms with van der Waals surface area (Å²) in [5.41, 5.74) is 0.438. The van der Waals surface area contributed by atoms with E-state index in [1.165, 1.54) is 0 Å². The molecule has 31 heavy (non-hydrogen) atoms. The van der Waals surface area contributed by atoms with Gasteiger partial charge in [-0.15, -0.1) is 0 Å². The number of halogens is 3. The van der Waals surface area contributed by atoms with Gasteiger partial charge in [-0.05, 0) is 37.4 Å². The lowest BCUT2D eigenvalue weighted by Gasteiger charge is -2.19. The number of aromatic amines is 1. The number of H-pyrrole nitrogens is 1. The van der Waals surface area contributed by atoms with Gasteiger partial charge < -0.3 is 5.32 Å². The SMILES string of the molecule is C=S(=C)(C)c1cccc2c(Nc3cc(C)[nH]n3)nc(C(F)(F)c3ccc(F)cn3)nc12. The molecule has 0 saturated heterocycles. The van der Waals surface area contributed by atoms with Crippen molar-refractivity contribution in [3.63, 3.8) is 0 Å². The van der Waals surface area contributed by atoms with Crippen LogP contribution in [-0.2, 0) is 5.92 Å². The lowest BCUT2D eigenvalue weighted by Crippen LogP contribution is -2.21. The van der Waals surface area contributed by atoms with Gasteiger partial charge in [0.2, 0.25) is 5.82 Å². The molecule has 0 atom stereocenters. The molecule has 160 valence electrons. The van der Waals surface area contributed by atoms with Gasteiger partial charge in [0.15, 0.2) is 5.82 Å². The molecule has 0 spiro atoms. The van der Waals surface area contributed by atoms with Gasteiger partial charge in [0.25, 0.3) is 0 Å². The fourth-order valence-corrected chi connectivity index (χ4v) is 4.07. The molecule has 0 saturated carbocycles. The molecular formula is C21H19F3N6S. The second kappa shape index (κ2) is 7.38. The molecule has 0 amide bonds. The summed E-state index contributed by atoms with van der Waals surface area (Å²) in [5, 5.41) is 10.4. The van der Waals surface area contributed by atoms with Crippen molar-refractivity contribution in [3.8, 4) is 0 Å². The molecule has 0 aliphatic heterocycles. The summed E-state index contributed by atoms with van der Waals surface area (Å²) in [6.07, 6.45) is 2.57. The van der Waals surface area contributed by atoms with Crippen LogP contribution in [0.15, 0.2) is 47.5 Å². The Morgan fingerprint density at radius 2 is 1.90 bits per heavy atom. The van der Waals surface area contributed by atoms with Gasteiger partial charge in [0, 0.05) is 22.0 Å². The van der Waals surface area contributed by atoms with Crippen molar-refractivity contribution in [2.45, 2.75) is 17.7 Å². The predicted molar refractivity (Wildman–Crippen MR) is 119 cm³/mol. The molecule has 4 rings (SSSR count). The molecule has 0 aliphatic rings. The van der Waals surface area contributed by atoms with E-state index in [9.17, 15) is 4.39 Å². The third kappa shape index (κ3) is 3.98. The van der Waals surface area contributed by atoms with E-state index in [0.717, 1.165) is 24.0 Å². The number of nitrogens with one attached hydrogen (secondary N) is 2. The summed E-state index contributed by atoms with van der Waals surface area (Å²) in [6, 6.07) is 8.83. The molecule has 0 bridgehead atoms. The van der Waals surface area contributed by atoms with Gasteiger partial charge in [-0.2, -0.15) is 23.1 Å². The average molecular weight is 444 g/mol. The Labute approximate surface area is 177 Å². The van der Waals surface area contributed by atoms with Crippen molar-refractivity contribution in [1.29, 1.82) is 0 Å². The van der Waals surface area contributed by atoms with Crippen LogP contribution in [0.5, 0.6) is 0 Å². The third-order valence-electron chi connectivity index (χ3n) is 4.50. The Morgan fingerprint density at radius 1 is 1.13 bits per heavy atom. The van der Waals surface area contributed by atoms with Crippen LogP contribution in [0.2, 0.25) is 0 Å². The van der Waals surface area contributed by atoms with Crippen LogP contribution in [-0.4, -0.2) is 43.1 Å². The van der Waals surface area contributed by atoms with E-state index >= 15 is 8.78 Å². The number of hydrogen-bond donors (Lipinski definition) is 2. The van der Waals surface area contributed by atoms with Crippen molar-refractivity contribution < 1.29 is 13.2 Å². The molecule has 3 aromatic heterocycles. The highest BCUT2D eigenvalue weighted by Gasteiger charge is 2.40. The van der Waals surface area contributed by atoms with E-state index in [0.29, 0.717) is 21.6 Å². The van der Waals surface area contributed by atoms with Gasteiger partial charge in [-0.1, -0.05) is 17.8 Å². The zero-order valence-electron chi connectivity index (χ0n) is 16.8. The number of aryl methyl sites for hydroxylation is 1. The molecule has 0 fully saturated rings. The zero-order chi connectivity index (χ0) is 22.4. The Morgan fingerprint density at radius 3 is 2.52 bits per heavy atom. The smallest absolute Gasteiger partial charge is 0.323 e. The molecular weight excluding hydrogens is 425 g/mol. The second-order valence-corrected chi connectivity index (χ2v) is 10.3. The van der Waals surface area contributed by atoms with Gasteiger partial charge in [-0.25, -0.2) is 14.4 Å². The van der Waals surface area contributed by atoms with Crippen molar-refractivity contribution in [2.75, 3.05) is 11.6 Å². The highest BCUT2D eigenvalue weighted by Crippen LogP contribution is 2.39. The topological polar surface area (TPSA) is 79.4 Å². The Hall–Kier alpha value is -3.40. The first-order chi connectivity index (χ1) is 14.6. The summed E-state index contributed by atoms with van der Waals surface area (Å²) in [4.78, 5) is 12.5. The Bertz CT molecular complexity index is 1380. The molecule has 6 nitrogen and oxygen atoms in total. The first kappa shape index (κ1) is 20.9. The van der Waals surface area contributed by atoms with Gasteiger partial charge >= 0.3 is 5.92 Å². The first-order valence-electron chi connectivity index (χ1n) is 9.10. The molecule has 0 unspecified atom stereocenters. The van der Waals surface area contributed by atoms with E-state index in [4.69, 9.17) is 0 Å². The minimum atomic E-state index is -3.67. The molecule has 2 N–H and O–H groups in total. The number of para-hydroxylation sites is 1. The van der Waals surface area contributed by atoms with Crippen LogP contribution in [0.1, 0.15) is 17.2 Å². The Balaban J connectivity index is 1.98. The Kier molecular flexibility index (Phi) is 4.97. The van der Waals surface area contributed by atoms with Crippen molar-refractivity contribution in [3.05, 3.63) is 65.6 Å². The van der Waals surface area contributed by atoms with Gasteiger partial charge in [-0.3, -0.25) is 10.1 Å². The fourth-order valence-electron chi connectivity index (χ4n) is 3.04. The minimum absolute atomic E-state index is 0.152. The first-order valence-corrected chi connectivity index (χ1v) is 11.5. The quantitative estimate of drug-likeness (QED) is 0.435. The molecule has 3 heterocycles. The number of hydrogen-bond acceptors (Lipinski definition) is 5. The maximum atomic E-state index is 15.3. The maximum absolute atomic E-state index is 15.3. The van der Waals surface area contributed by atoms with Crippen LogP contribution in [0.25, 0.3) is 10.9 Å². The monoisotopic (exact) mass is 444 g/mol. The van der Waals surface area contributed by atoms with Gasteiger partial charge in [0.05, 0.1) is 11.7 Å². The fraction of sp³-hybridized carbons (Fsp3) is 0.143. The van der Waals surface area contributed by atoms with E-state index < -0.39 is 32.5 Å². The standard InChI is InChI=1S/C21H19F3N6S/c1-12-10-17(30-29-12)26-19-14-6-5-7-15(31(2,3)4)18(14)27-20(28-19)21(23,24)16-9-8-13(22)11-25-16/h5-11H,2-3H2,1,4H3,(H2,26,27,28,29,30). The predicted octanol–water partition coefficient (Wildman–Crippen LogP) is 4.74. The maximum Gasteiger partial charge on any atom is 0.348 e. The van der Waals surface area contributed by atoms with Crippen LogP contribution in [0, 0.1) is 12.7 Å². The van der Waals surface area contributed by atoms with E-state index in [-0.39, 0.29) is 5.82 Å². The molecule has 1 aromatic carbocycles. The van der Waals surface area contributed by atoms with Gasteiger partial charge in [0.1, 0.15) is 17.3 Å². The van der Waals surface area contributed by atoms with Crippen molar-refractivity contribution in [2.24, 2.45) is 0 Å². The van der Waals surface area contributed by atoms with Crippen LogP contribution in [0.3, 0.4) is 0 Å². The van der Waals surface area contributed by atoms with E-state index in [2.05, 4.69) is 42.2 Å². The highest BCUT2D eigenvalue weighted by molar-refractivity contribution is 8.27. The number of benzene rings is 1. The highest BCUT2D eigenvalue weighted by atomic mass is 32.2.